The summed E-state index contributed by atoms with van der Waals surface area (Å²) in [6.45, 7) is 0. The molecule has 0 fully saturated rings. The Morgan fingerprint density at radius 2 is 2.00 bits per heavy atom. The van der Waals surface area contributed by atoms with Crippen LogP contribution in [0.4, 0.5) is 0 Å². The van der Waals surface area contributed by atoms with Crippen LogP contribution < -0.4 is 0 Å². The molecule has 2 aliphatic carbocycles. The van der Waals surface area contributed by atoms with Crippen LogP contribution in [0.5, 0.6) is 0 Å². The monoisotopic (exact) mass is 214 g/mol. The van der Waals surface area contributed by atoms with Crippen LogP contribution in [0.3, 0.4) is 0 Å². The van der Waals surface area contributed by atoms with E-state index in [9.17, 15) is 5.11 Å². The Kier molecular flexibility index (Phi) is 2.56. The van der Waals surface area contributed by atoms with Gasteiger partial charge in [0, 0.05) is 0 Å². The summed E-state index contributed by atoms with van der Waals surface area (Å²) in [6.07, 6.45) is 8.70. The lowest BCUT2D eigenvalue weighted by atomic mass is 10.0. The van der Waals surface area contributed by atoms with Gasteiger partial charge < -0.3 is 5.11 Å². The third-order valence-corrected chi connectivity index (χ3v) is 3.78. The molecule has 0 aromatic heterocycles. The van der Waals surface area contributed by atoms with Crippen molar-refractivity contribution in [2.45, 2.75) is 44.6 Å². The van der Waals surface area contributed by atoms with E-state index in [0.29, 0.717) is 0 Å². The summed E-state index contributed by atoms with van der Waals surface area (Å²) in [6, 6.07) is 6.92. The molecule has 0 aliphatic heterocycles. The van der Waals surface area contributed by atoms with E-state index in [4.69, 9.17) is 0 Å². The molecular formula is C15H18O. The highest BCUT2D eigenvalue weighted by Crippen LogP contribution is 2.26. The molecule has 0 saturated heterocycles. The molecule has 0 heterocycles. The first-order chi connectivity index (χ1) is 7.81. The van der Waals surface area contributed by atoms with E-state index >= 15 is 0 Å². The molecule has 1 N–H and O–H groups in total. The number of allylic oxidation sites excluding steroid dienone is 1. The first-order valence-corrected chi connectivity index (χ1v) is 6.29. The highest BCUT2D eigenvalue weighted by atomic mass is 16.3. The number of aryl methyl sites for hydroxylation is 2. The van der Waals surface area contributed by atoms with Gasteiger partial charge in [-0.1, -0.05) is 29.8 Å². The molecule has 1 heteroatoms. The van der Waals surface area contributed by atoms with E-state index in [0.717, 1.165) is 19.3 Å². The van der Waals surface area contributed by atoms with Gasteiger partial charge in [-0.15, -0.1) is 0 Å². The molecule has 2 aliphatic rings. The smallest absolute Gasteiger partial charge is 0.0726 e. The Balaban J connectivity index is 1.78. The van der Waals surface area contributed by atoms with Gasteiger partial charge in [0.1, 0.15) is 0 Å². The Morgan fingerprint density at radius 3 is 2.81 bits per heavy atom. The molecule has 1 atom stereocenters. The third kappa shape index (κ3) is 1.92. The van der Waals surface area contributed by atoms with Gasteiger partial charge in [-0.05, 0) is 55.2 Å². The predicted octanol–water partition coefficient (Wildman–Crippen LogP) is 2.80. The van der Waals surface area contributed by atoms with Crippen molar-refractivity contribution < 1.29 is 5.11 Å². The van der Waals surface area contributed by atoms with E-state index in [-0.39, 0.29) is 6.10 Å². The molecule has 0 spiro atoms. The summed E-state index contributed by atoms with van der Waals surface area (Å²) in [7, 11) is 0. The Bertz CT molecular complexity index is 431. The van der Waals surface area contributed by atoms with Crippen LogP contribution in [0.25, 0.3) is 0 Å². The van der Waals surface area contributed by atoms with Gasteiger partial charge in [-0.25, -0.2) is 0 Å². The van der Waals surface area contributed by atoms with Crippen LogP contribution in [0.1, 0.15) is 36.0 Å². The zero-order chi connectivity index (χ0) is 11.0. The first kappa shape index (κ1) is 10.1. The maximum atomic E-state index is 9.46. The normalized spacial score (nSPS) is 23.3. The Labute approximate surface area is 96.8 Å². The molecule has 84 valence electrons. The molecule has 1 nitrogen and oxygen atoms in total. The van der Waals surface area contributed by atoms with Crippen LogP contribution in [-0.2, 0) is 19.3 Å². The van der Waals surface area contributed by atoms with Crippen molar-refractivity contribution >= 4 is 0 Å². The third-order valence-electron chi connectivity index (χ3n) is 3.78. The van der Waals surface area contributed by atoms with Gasteiger partial charge >= 0.3 is 0 Å². The van der Waals surface area contributed by atoms with Crippen molar-refractivity contribution in [3.05, 3.63) is 46.5 Å². The fraction of sp³-hybridized carbons (Fsp3) is 0.467. The van der Waals surface area contributed by atoms with E-state index < -0.39 is 0 Å². The number of hydrogen-bond acceptors (Lipinski definition) is 1. The van der Waals surface area contributed by atoms with Crippen molar-refractivity contribution in [1.82, 2.24) is 0 Å². The Morgan fingerprint density at radius 1 is 1.12 bits per heavy atom. The molecule has 0 amide bonds. The molecule has 0 bridgehead atoms. The van der Waals surface area contributed by atoms with Crippen molar-refractivity contribution in [2.24, 2.45) is 0 Å². The lowest BCUT2D eigenvalue weighted by Crippen LogP contribution is -1.93. The van der Waals surface area contributed by atoms with Crippen LogP contribution in [0, 0.1) is 0 Å². The van der Waals surface area contributed by atoms with Crippen molar-refractivity contribution in [1.29, 1.82) is 0 Å². The molecule has 0 saturated carbocycles. The molecule has 1 aromatic carbocycles. The fourth-order valence-corrected chi connectivity index (χ4v) is 2.92. The van der Waals surface area contributed by atoms with Gasteiger partial charge in [0.25, 0.3) is 0 Å². The van der Waals surface area contributed by atoms with Crippen LogP contribution >= 0.6 is 0 Å². The second-order valence-corrected chi connectivity index (χ2v) is 5.06. The first-order valence-electron chi connectivity index (χ1n) is 6.29. The van der Waals surface area contributed by atoms with E-state index in [1.807, 2.05) is 6.08 Å². The molecule has 0 radical (unpaired) electrons. The minimum Gasteiger partial charge on any atom is -0.389 e. The minimum atomic E-state index is -0.190. The summed E-state index contributed by atoms with van der Waals surface area (Å²) in [5.41, 5.74) is 5.92. The number of fused-ring (bicyclic) bond motifs is 1. The quantitative estimate of drug-likeness (QED) is 0.751. The average molecular weight is 214 g/mol. The SMILES string of the molecule is OC1C=C(Cc2ccc3c(c2)CCC3)CC1. The summed E-state index contributed by atoms with van der Waals surface area (Å²) in [5.74, 6) is 0. The van der Waals surface area contributed by atoms with E-state index in [1.54, 1.807) is 11.1 Å². The zero-order valence-corrected chi connectivity index (χ0v) is 9.58. The van der Waals surface area contributed by atoms with Crippen LogP contribution in [-0.4, -0.2) is 11.2 Å². The highest BCUT2D eigenvalue weighted by Gasteiger charge is 2.15. The topological polar surface area (TPSA) is 20.2 Å². The number of rotatable bonds is 2. The molecular weight excluding hydrogens is 196 g/mol. The standard InChI is InChI=1S/C15H18O/c16-15-7-5-12(10-15)8-11-4-6-13-2-1-3-14(13)9-11/h4,6,9-10,15-16H,1-3,5,7-8H2. The number of benzene rings is 1. The second kappa shape index (κ2) is 4.06. The second-order valence-electron chi connectivity index (χ2n) is 5.06. The predicted molar refractivity (Wildman–Crippen MR) is 65.5 cm³/mol. The summed E-state index contributed by atoms with van der Waals surface area (Å²) in [4.78, 5) is 0. The maximum Gasteiger partial charge on any atom is 0.0726 e. The van der Waals surface area contributed by atoms with Crippen molar-refractivity contribution in [3.8, 4) is 0 Å². The lowest BCUT2D eigenvalue weighted by Gasteiger charge is -2.05. The zero-order valence-electron chi connectivity index (χ0n) is 9.58. The van der Waals surface area contributed by atoms with E-state index in [2.05, 4.69) is 18.2 Å². The van der Waals surface area contributed by atoms with Crippen LogP contribution in [0.15, 0.2) is 29.8 Å². The van der Waals surface area contributed by atoms with Crippen molar-refractivity contribution in [3.63, 3.8) is 0 Å². The van der Waals surface area contributed by atoms with Gasteiger partial charge in [-0.3, -0.25) is 0 Å². The Hall–Kier alpha value is -1.08. The molecule has 1 aromatic rings. The number of aliphatic hydroxyl groups is 1. The average Bonchev–Trinajstić information content (AvgIpc) is 2.87. The van der Waals surface area contributed by atoms with Crippen molar-refractivity contribution in [2.75, 3.05) is 0 Å². The minimum absolute atomic E-state index is 0.190. The number of hydrogen-bond donors (Lipinski definition) is 1. The number of aliphatic hydroxyl groups excluding tert-OH is 1. The largest absolute Gasteiger partial charge is 0.389 e. The van der Waals surface area contributed by atoms with Gasteiger partial charge in [0.05, 0.1) is 6.10 Å². The maximum absolute atomic E-state index is 9.46. The van der Waals surface area contributed by atoms with Gasteiger partial charge in [-0.2, -0.15) is 0 Å². The highest BCUT2D eigenvalue weighted by molar-refractivity contribution is 5.37. The lowest BCUT2D eigenvalue weighted by molar-refractivity contribution is 0.223. The molecule has 16 heavy (non-hydrogen) atoms. The summed E-state index contributed by atoms with van der Waals surface area (Å²) < 4.78 is 0. The summed E-state index contributed by atoms with van der Waals surface area (Å²) >= 11 is 0. The van der Waals surface area contributed by atoms with Gasteiger partial charge in [0.2, 0.25) is 0 Å². The van der Waals surface area contributed by atoms with E-state index in [1.165, 1.54) is 30.4 Å². The molecule has 1 unspecified atom stereocenters. The fourth-order valence-electron chi connectivity index (χ4n) is 2.92. The van der Waals surface area contributed by atoms with Gasteiger partial charge in [0.15, 0.2) is 0 Å². The van der Waals surface area contributed by atoms with Crippen LogP contribution in [0.2, 0.25) is 0 Å². The summed E-state index contributed by atoms with van der Waals surface area (Å²) in [5, 5.41) is 9.46. The molecule has 3 rings (SSSR count).